The molecule has 2 aromatic carbocycles. The molecule has 0 aliphatic carbocycles. The summed E-state index contributed by atoms with van der Waals surface area (Å²) in [6.45, 7) is 4.55. The van der Waals surface area contributed by atoms with Gasteiger partial charge in [-0.05, 0) is 61.6 Å². The number of anilines is 1. The monoisotopic (exact) mass is 368 g/mol. The molecule has 0 aromatic heterocycles. The third-order valence-electron chi connectivity index (χ3n) is 4.56. The Morgan fingerprint density at radius 2 is 2.04 bits per heavy atom. The van der Waals surface area contributed by atoms with Crippen molar-refractivity contribution in [3.8, 4) is 5.75 Å². The zero-order chi connectivity index (χ0) is 19.4. The molecule has 0 unspecified atom stereocenters. The third kappa shape index (κ3) is 4.65. The van der Waals surface area contributed by atoms with E-state index in [4.69, 9.17) is 4.74 Å². The fraction of sp³-hybridized carbons (Fsp3) is 0.333. The van der Waals surface area contributed by atoms with Gasteiger partial charge in [0.15, 0.2) is 0 Å². The number of phenolic OH excluding ortho intramolecular Hbond substituents is 1. The number of nitrogens with one attached hydrogen (secondary N) is 2. The molecule has 1 aliphatic rings. The van der Waals surface area contributed by atoms with Gasteiger partial charge in [-0.2, -0.15) is 0 Å². The fourth-order valence-electron chi connectivity index (χ4n) is 3.18. The maximum Gasteiger partial charge on any atom is 0.255 e. The van der Waals surface area contributed by atoms with E-state index >= 15 is 0 Å². The number of aryl methyl sites for hydroxylation is 2. The molecule has 1 fully saturated rings. The number of carbonyl (C=O) groups is 2. The second-order valence-electron chi connectivity index (χ2n) is 6.85. The van der Waals surface area contributed by atoms with Crippen LogP contribution in [0.15, 0.2) is 36.4 Å². The Bertz CT molecular complexity index is 857. The van der Waals surface area contributed by atoms with Crippen molar-refractivity contribution in [2.45, 2.75) is 39.3 Å². The van der Waals surface area contributed by atoms with Crippen LogP contribution in [0, 0.1) is 13.8 Å². The van der Waals surface area contributed by atoms with E-state index in [0.29, 0.717) is 17.9 Å². The zero-order valence-electron chi connectivity index (χ0n) is 15.5. The fourth-order valence-corrected chi connectivity index (χ4v) is 3.18. The highest BCUT2D eigenvalue weighted by Crippen LogP contribution is 2.23. The lowest BCUT2D eigenvalue weighted by atomic mass is 10.0. The van der Waals surface area contributed by atoms with Gasteiger partial charge in [0.25, 0.3) is 11.8 Å². The minimum absolute atomic E-state index is 0.00400. The van der Waals surface area contributed by atoms with E-state index in [1.54, 1.807) is 19.1 Å². The van der Waals surface area contributed by atoms with Crippen LogP contribution in [0.5, 0.6) is 5.75 Å². The number of rotatable bonds is 5. The first kappa shape index (κ1) is 18.9. The Balaban J connectivity index is 1.63. The smallest absolute Gasteiger partial charge is 0.255 e. The number of hydrogen-bond donors (Lipinski definition) is 3. The van der Waals surface area contributed by atoms with Gasteiger partial charge in [0.1, 0.15) is 11.9 Å². The molecule has 0 bridgehead atoms. The summed E-state index contributed by atoms with van der Waals surface area (Å²) in [4.78, 5) is 24.6. The maximum absolute atomic E-state index is 12.4. The van der Waals surface area contributed by atoms with Gasteiger partial charge in [-0.25, -0.2) is 0 Å². The molecule has 6 heteroatoms. The van der Waals surface area contributed by atoms with Crippen LogP contribution in [0.4, 0.5) is 5.69 Å². The van der Waals surface area contributed by atoms with E-state index in [1.165, 1.54) is 0 Å². The van der Waals surface area contributed by atoms with Crippen molar-refractivity contribution in [2.24, 2.45) is 0 Å². The van der Waals surface area contributed by atoms with Crippen molar-refractivity contribution in [3.63, 3.8) is 0 Å². The van der Waals surface area contributed by atoms with Crippen LogP contribution >= 0.6 is 0 Å². The summed E-state index contributed by atoms with van der Waals surface area (Å²) in [5, 5.41) is 15.8. The molecule has 142 valence electrons. The van der Waals surface area contributed by atoms with E-state index in [9.17, 15) is 14.7 Å². The Morgan fingerprint density at radius 1 is 1.22 bits per heavy atom. The van der Waals surface area contributed by atoms with Crippen LogP contribution in [-0.4, -0.2) is 29.6 Å². The number of carbonyl (C=O) groups excluding carboxylic acids is 2. The van der Waals surface area contributed by atoms with Crippen LogP contribution in [0.1, 0.15) is 39.9 Å². The van der Waals surface area contributed by atoms with E-state index in [-0.39, 0.29) is 35.8 Å². The standard InChI is InChI=1S/C21H24N2O4/c1-13-9-14(2)19(24)17(10-13)20(25)22-12-15-5-3-6-16(11-15)23-21(26)18-7-4-8-27-18/h3,5-6,9-11,18,24H,4,7-8,12H2,1-2H3,(H,22,25)(H,23,26)/t18-/m0/s1. The molecule has 3 rings (SSSR count). The van der Waals surface area contributed by atoms with Crippen LogP contribution in [0.3, 0.4) is 0 Å². The quantitative estimate of drug-likeness (QED) is 0.757. The van der Waals surface area contributed by atoms with Crippen LogP contribution in [-0.2, 0) is 16.1 Å². The summed E-state index contributed by atoms with van der Waals surface area (Å²) >= 11 is 0. The molecule has 0 spiro atoms. The minimum Gasteiger partial charge on any atom is -0.507 e. The van der Waals surface area contributed by atoms with Crippen LogP contribution in [0.2, 0.25) is 0 Å². The summed E-state index contributed by atoms with van der Waals surface area (Å²) in [7, 11) is 0. The Kier molecular flexibility index (Phi) is 5.76. The molecule has 0 saturated carbocycles. The Labute approximate surface area is 158 Å². The second kappa shape index (κ2) is 8.22. The van der Waals surface area contributed by atoms with Gasteiger partial charge in [0.05, 0.1) is 5.56 Å². The van der Waals surface area contributed by atoms with Crippen molar-refractivity contribution in [1.82, 2.24) is 5.32 Å². The predicted molar refractivity (Wildman–Crippen MR) is 103 cm³/mol. The van der Waals surface area contributed by atoms with E-state index < -0.39 is 0 Å². The van der Waals surface area contributed by atoms with Crippen LogP contribution < -0.4 is 10.6 Å². The van der Waals surface area contributed by atoms with Gasteiger partial charge in [-0.1, -0.05) is 18.2 Å². The molecule has 6 nitrogen and oxygen atoms in total. The molecular weight excluding hydrogens is 344 g/mol. The van der Waals surface area contributed by atoms with Crippen molar-refractivity contribution in [2.75, 3.05) is 11.9 Å². The molecule has 1 aliphatic heterocycles. The van der Waals surface area contributed by atoms with Gasteiger partial charge in [0, 0.05) is 18.8 Å². The molecular formula is C21H24N2O4. The first-order chi connectivity index (χ1) is 12.9. The number of hydrogen-bond acceptors (Lipinski definition) is 4. The number of aromatic hydroxyl groups is 1. The van der Waals surface area contributed by atoms with Gasteiger partial charge >= 0.3 is 0 Å². The normalized spacial score (nSPS) is 16.1. The summed E-state index contributed by atoms with van der Waals surface area (Å²) in [6, 6.07) is 10.8. The lowest BCUT2D eigenvalue weighted by Gasteiger charge is -2.12. The highest BCUT2D eigenvalue weighted by molar-refractivity contribution is 5.97. The summed E-state index contributed by atoms with van der Waals surface area (Å²) in [6.07, 6.45) is 1.25. The van der Waals surface area contributed by atoms with E-state index in [1.807, 2.05) is 31.2 Å². The van der Waals surface area contributed by atoms with Crippen molar-refractivity contribution in [3.05, 3.63) is 58.7 Å². The lowest BCUT2D eigenvalue weighted by Crippen LogP contribution is -2.27. The van der Waals surface area contributed by atoms with Crippen LogP contribution in [0.25, 0.3) is 0 Å². The summed E-state index contributed by atoms with van der Waals surface area (Å²) in [5.74, 6) is -0.488. The average Bonchev–Trinajstić information content (AvgIpc) is 3.18. The third-order valence-corrected chi connectivity index (χ3v) is 4.56. The lowest BCUT2D eigenvalue weighted by molar-refractivity contribution is -0.124. The summed E-state index contributed by atoms with van der Waals surface area (Å²) < 4.78 is 5.38. The number of phenols is 1. The molecule has 1 atom stereocenters. The van der Waals surface area contributed by atoms with Gasteiger partial charge in [-0.15, -0.1) is 0 Å². The van der Waals surface area contributed by atoms with Gasteiger partial charge in [-0.3, -0.25) is 9.59 Å². The molecule has 2 aromatic rings. The Morgan fingerprint density at radius 3 is 2.78 bits per heavy atom. The van der Waals surface area contributed by atoms with E-state index in [2.05, 4.69) is 10.6 Å². The van der Waals surface area contributed by atoms with Crippen molar-refractivity contribution in [1.29, 1.82) is 0 Å². The minimum atomic E-state index is -0.388. The molecule has 2 amide bonds. The maximum atomic E-state index is 12.4. The van der Waals surface area contributed by atoms with Gasteiger partial charge in [0.2, 0.25) is 0 Å². The first-order valence-corrected chi connectivity index (χ1v) is 9.04. The number of benzene rings is 2. The Hall–Kier alpha value is -2.86. The first-order valence-electron chi connectivity index (χ1n) is 9.04. The van der Waals surface area contributed by atoms with Gasteiger partial charge < -0.3 is 20.5 Å². The number of amides is 2. The molecule has 0 radical (unpaired) electrons. The number of ether oxygens (including phenoxy) is 1. The summed E-state index contributed by atoms with van der Waals surface area (Å²) in [5.41, 5.74) is 3.34. The zero-order valence-corrected chi connectivity index (χ0v) is 15.5. The molecule has 3 N–H and O–H groups in total. The highest BCUT2D eigenvalue weighted by atomic mass is 16.5. The molecule has 27 heavy (non-hydrogen) atoms. The average molecular weight is 368 g/mol. The SMILES string of the molecule is Cc1cc(C)c(O)c(C(=O)NCc2cccc(NC(=O)[C@@H]3CCCO3)c2)c1. The topological polar surface area (TPSA) is 87.7 Å². The second-order valence-corrected chi connectivity index (χ2v) is 6.85. The van der Waals surface area contributed by atoms with E-state index in [0.717, 1.165) is 24.0 Å². The molecule has 1 saturated heterocycles. The highest BCUT2D eigenvalue weighted by Gasteiger charge is 2.23. The van der Waals surface area contributed by atoms with Crippen molar-refractivity contribution < 1.29 is 19.4 Å². The predicted octanol–water partition coefficient (Wildman–Crippen LogP) is 3.06. The molecule has 1 heterocycles. The largest absolute Gasteiger partial charge is 0.507 e. The van der Waals surface area contributed by atoms with Crippen molar-refractivity contribution >= 4 is 17.5 Å².